The molecule has 0 unspecified atom stereocenters. The van der Waals surface area contributed by atoms with Crippen LogP contribution in [0.2, 0.25) is 5.02 Å². The fraction of sp³-hybridized carbons (Fsp3) is 0. The van der Waals surface area contributed by atoms with E-state index < -0.39 is 22.3 Å². The summed E-state index contributed by atoms with van der Waals surface area (Å²) in [5.74, 6) is -1.67. The summed E-state index contributed by atoms with van der Waals surface area (Å²) in [5, 5.41) is 2.39. The first-order valence-electron chi connectivity index (χ1n) is 2.85. The third kappa shape index (κ3) is 1.47. The average Bonchev–Trinajstić information content (AvgIpc) is 2.06. The fourth-order valence-electron chi connectivity index (χ4n) is 0.653. The van der Waals surface area contributed by atoms with Crippen molar-refractivity contribution in [1.82, 2.24) is 0 Å². The first-order chi connectivity index (χ1) is 5.66. The minimum absolute atomic E-state index is 0.507. The van der Waals surface area contributed by atoms with Crippen LogP contribution in [0.4, 0.5) is 14.5 Å². The molecule has 0 aliphatic heterocycles. The molecule has 0 aliphatic rings. The minimum atomic E-state index is -0.848. The van der Waals surface area contributed by atoms with E-state index in [1.807, 2.05) is 0 Å². The molecule has 1 aromatic rings. The lowest BCUT2D eigenvalue weighted by atomic mass is 10.3. The van der Waals surface area contributed by atoms with Crippen LogP contribution in [0.5, 0.6) is 0 Å². The topological polar surface area (TPSA) is 48.8 Å². The molecule has 6 heteroatoms. The largest absolute Gasteiger partial charge is 0.206 e. The lowest BCUT2D eigenvalue weighted by molar-refractivity contribution is 0.602. The number of hydrogen-bond donors (Lipinski definition) is 0. The molecular formula is C6H2ClF2N3. The average molecular weight is 190 g/mol. The molecule has 0 bridgehead atoms. The lowest BCUT2D eigenvalue weighted by Gasteiger charge is -1.98. The molecule has 0 aromatic heterocycles. The van der Waals surface area contributed by atoms with Gasteiger partial charge in [-0.2, -0.15) is 0 Å². The highest BCUT2D eigenvalue weighted by Crippen LogP contribution is 2.30. The minimum Gasteiger partial charge on any atom is -0.206 e. The van der Waals surface area contributed by atoms with Gasteiger partial charge in [0.1, 0.15) is 11.6 Å². The third-order valence-corrected chi connectivity index (χ3v) is 1.52. The summed E-state index contributed by atoms with van der Waals surface area (Å²) in [6, 6.07) is 1.69. The normalized spacial score (nSPS) is 9.25. The quantitative estimate of drug-likeness (QED) is 0.281. The van der Waals surface area contributed by atoms with E-state index in [9.17, 15) is 8.78 Å². The second-order valence-electron chi connectivity index (χ2n) is 1.88. The fourth-order valence-corrected chi connectivity index (χ4v) is 0.844. The Balaban J connectivity index is 3.42. The van der Waals surface area contributed by atoms with Crippen molar-refractivity contribution < 1.29 is 8.78 Å². The van der Waals surface area contributed by atoms with Gasteiger partial charge in [0.25, 0.3) is 0 Å². The highest BCUT2D eigenvalue weighted by atomic mass is 35.5. The zero-order valence-electron chi connectivity index (χ0n) is 5.63. The monoisotopic (exact) mass is 189 g/mol. The number of azide groups is 1. The van der Waals surface area contributed by atoms with Gasteiger partial charge >= 0.3 is 0 Å². The van der Waals surface area contributed by atoms with Crippen LogP contribution in [-0.4, -0.2) is 0 Å². The lowest BCUT2D eigenvalue weighted by Crippen LogP contribution is -1.81. The van der Waals surface area contributed by atoms with Crippen molar-refractivity contribution >= 4 is 17.3 Å². The summed E-state index contributed by atoms with van der Waals surface area (Å²) in [6.45, 7) is 0. The number of nitrogens with zero attached hydrogens (tertiary/aromatic N) is 3. The summed E-state index contributed by atoms with van der Waals surface area (Å²) in [5.41, 5.74) is 7.46. The van der Waals surface area contributed by atoms with Gasteiger partial charge in [-0.3, -0.25) is 0 Å². The van der Waals surface area contributed by atoms with E-state index in [-0.39, 0.29) is 0 Å². The van der Waals surface area contributed by atoms with Crippen LogP contribution in [-0.2, 0) is 0 Å². The van der Waals surface area contributed by atoms with Crippen LogP contribution < -0.4 is 0 Å². The van der Waals surface area contributed by atoms with Crippen LogP contribution >= 0.6 is 11.6 Å². The van der Waals surface area contributed by atoms with Gasteiger partial charge in [-0.25, -0.2) is 8.78 Å². The first kappa shape index (κ1) is 8.77. The molecule has 0 aliphatic carbocycles. The summed E-state index contributed by atoms with van der Waals surface area (Å²) in [4.78, 5) is 2.30. The van der Waals surface area contributed by atoms with Crippen molar-refractivity contribution in [2.24, 2.45) is 5.11 Å². The second-order valence-corrected chi connectivity index (χ2v) is 2.26. The smallest absolute Gasteiger partial charge is 0.142 e. The van der Waals surface area contributed by atoms with E-state index in [4.69, 9.17) is 17.1 Å². The molecule has 0 amide bonds. The maximum Gasteiger partial charge on any atom is 0.142 e. The van der Waals surface area contributed by atoms with Crippen LogP contribution in [0.25, 0.3) is 10.4 Å². The van der Waals surface area contributed by atoms with Gasteiger partial charge in [-0.15, -0.1) is 0 Å². The predicted octanol–water partition coefficient (Wildman–Crippen LogP) is 3.56. The molecule has 0 N–H and O–H groups in total. The van der Waals surface area contributed by atoms with E-state index in [0.717, 1.165) is 12.1 Å². The van der Waals surface area contributed by atoms with E-state index in [1.54, 1.807) is 0 Å². The van der Waals surface area contributed by atoms with Crippen molar-refractivity contribution in [3.8, 4) is 0 Å². The van der Waals surface area contributed by atoms with Crippen LogP contribution in [0.15, 0.2) is 17.2 Å². The second kappa shape index (κ2) is 3.38. The van der Waals surface area contributed by atoms with Crippen LogP contribution in [0.3, 0.4) is 0 Å². The van der Waals surface area contributed by atoms with Crippen molar-refractivity contribution in [3.63, 3.8) is 0 Å². The highest BCUT2D eigenvalue weighted by Gasteiger charge is 2.09. The van der Waals surface area contributed by atoms with Gasteiger partial charge in [-0.1, -0.05) is 16.7 Å². The summed E-state index contributed by atoms with van der Waals surface area (Å²) < 4.78 is 25.3. The zero-order chi connectivity index (χ0) is 9.14. The number of benzene rings is 1. The molecule has 0 heterocycles. The maximum atomic E-state index is 12.7. The predicted molar refractivity (Wildman–Crippen MR) is 40.2 cm³/mol. The summed E-state index contributed by atoms with van der Waals surface area (Å²) in [7, 11) is 0. The molecule has 0 fully saturated rings. The standard InChI is InChI=1S/C6H2ClF2N3/c7-5-3(8)1-2-4(9)6(5)11-12-10/h1-2H. The molecule has 0 radical (unpaired) electrons. The Labute approximate surface area is 71.2 Å². The summed E-state index contributed by atoms with van der Waals surface area (Å²) in [6.07, 6.45) is 0. The molecule has 3 nitrogen and oxygen atoms in total. The maximum absolute atomic E-state index is 12.7. The molecule has 12 heavy (non-hydrogen) atoms. The van der Waals surface area contributed by atoms with Crippen LogP contribution in [0.1, 0.15) is 0 Å². The van der Waals surface area contributed by atoms with Crippen molar-refractivity contribution in [3.05, 3.63) is 39.2 Å². The Morgan fingerprint density at radius 1 is 1.33 bits per heavy atom. The molecule has 1 aromatic carbocycles. The molecule has 0 saturated carbocycles. The molecular weight excluding hydrogens is 188 g/mol. The Hall–Kier alpha value is -1.32. The number of halogens is 3. The Morgan fingerprint density at radius 2 is 1.92 bits per heavy atom. The van der Waals surface area contributed by atoms with Gasteiger partial charge in [-0.05, 0) is 17.7 Å². The molecule has 0 atom stereocenters. The molecule has 1 rings (SSSR count). The summed E-state index contributed by atoms with van der Waals surface area (Å²) >= 11 is 5.30. The van der Waals surface area contributed by atoms with Crippen molar-refractivity contribution in [1.29, 1.82) is 0 Å². The SMILES string of the molecule is [N-]=[N+]=Nc1c(F)ccc(F)c1Cl. The van der Waals surface area contributed by atoms with Crippen molar-refractivity contribution in [2.45, 2.75) is 0 Å². The van der Waals surface area contributed by atoms with Gasteiger partial charge in [0.05, 0.1) is 10.7 Å². The Kier molecular flexibility index (Phi) is 2.47. The van der Waals surface area contributed by atoms with Crippen LogP contribution in [0, 0.1) is 11.6 Å². The van der Waals surface area contributed by atoms with Gasteiger partial charge in [0.2, 0.25) is 0 Å². The van der Waals surface area contributed by atoms with E-state index in [1.165, 1.54) is 0 Å². The van der Waals surface area contributed by atoms with Gasteiger partial charge < -0.3 is 0 Å². The Bertz CT molecular complexity index is 360. The molecule has 0 saturated heterocycles. The zero-order valence-corrected chi connectivity index (χ0v) is 6.39. The Morgan fingerprint density at radius 3 is 2.50 bits per heavy atom. The number of rotatable bonds is 1. The molecule has 0 spiro atoms. The highest BCUT2D eigenvalue weighted by molar-refractivity contribution is 6.33. The van der Waals surface area contributed by atoms with E-state index in [2.05, 4.69) is 10.0 Å². The van der Waals surface area contributed by atoms with E-state index >= 15 is 0 Å². The van der Waals surface area contributed by atoms with Gasteiger partial charge in [0.15, 0.2) is 0 Å². The van der Waals surface area contributed by atoms with E-state index in [0.29, 0.717) is 0 Å². The first-order valence-corrected chi connectivity index (χ1v) is 3.23. The van der Waals surface area contributed by atoms with Crippen molar-refractivity contribution in [2.75, 3.05) is 0 Å². The van der Waals surface area contributed by atoms with Gasteiger partial charge in [0, 0.05) is 4.91 Å². The molecule has 62 valence electrons. The number of hydrogen-bond acceptors (Lipinski definition) is 1. The third-order valence-electron chi connectivity index (χ3n) is 1.16.